The van der Waals surface area contributed by atoms with E-state index in [0.717, 1.165) is 67.5 Å². The molecule has 0 saturated heterocycles. The van der Waals surface area contributed by atoms with Gasteiger partial charge in [0.05, 0.1) is 9.79 Å². The minimum Gasteiger partial charge on any atom is -0.446 e. The molecule has 20 heteroatoms. The molecule has 0 spiro atoms. The van der Waals surface area contributed by atoms with Crippen LogP contribution in [0, 0.1) is 0 Å². The number of fused-ring (bicyclic) bond motifs is 2. The number of H-pyrrole nitrogens is 2. The molecule has 0 unspecified atom stereocenters. The fraction of sp³-hybridized carbons (Fsp3) is 0.512. The van der Waals surface area contributed by atoms with Crippen LogP contribution in [0.3, 0.4) is 0 Å². The number of ether oxygens (including phenoxy) is 2. The molecule has 4 aliphatic rings. The van der Waals surface area contributed by atoms with Crippen molar-refractivity contribution in [1.29, 1.82) is 0 Å². The summed E-state index contributed by atoms with van der Waals surface area (Å²) >= 11 is 0. The van der Waals surface area contributed by atoms with Crippen molar-refractivity contribution in [2.24, 2.45) is 0 Å². The SMILES string of the molecule is CC(C)NC(=O)OC1CCC(c2cc(Nc3ccc4c(c3)S(=O)(=O)NCC4)n[nH]2)CC1.CC(C)NC(=O)O[C@@H]1CC[C@H](c2cc(Nc3ccc4c(c3)S(=O)(=O)NCC4)n[nH]2)C1. The monoisotopic (exact) mass is 880 g/mol. The Kier molecular flexibility index (Phi) is 13.6. The zero-order valence-electron chi connectivity index (χ0n) is 34.8. The summed E-state index contributed by atoms with van der Waals surface area (Å²) < 4.78 is 65.0. The number of hydrogen-bond donors (Lipinski definition) is 8. The third-order valence-electron chi connectivity index (χ3n) is 11.1. The third-order valence-corrected chi connectivity index (χ3v) is 14.2. The molecule has 61 heavy (non-hydrogen) atoms. The van der Waals surface area contributed by atoms with Gasteiger partial charge in [0.2, 0.25) is 20.0 Å². The highest BCUT2D eigenvalue weighted by atomic mass is 32.2. The molecular weight excluding hydrogens is 825 g/mol. The van der Waals surface area contributed by atoms with Crippen molar-refractivity contribution >= 4 is 55.2 Å². The number of rotatable bonds is 10. The lowest BCUT2D eigenvalue weighted by atomic mass is 9.85. The van der Waals surface area contributed by atoms with Crippen molar-refractivity contribution in [3.63, 3.8) is 0 Å². The predicted molar refractivity (Wildman–Crippen MR) is 229 cm³/mol. The zero-order valence-corrected chi connectivity index (χ0v) is 36.5. The van der Waals surface area contributed by atoms with Crippen LogP contribution in [0.2, 0.25) is 0 Å². The summed E-state index contributed by atoms with van der Waals surface area (Å²) in [7, 11) is -6.90. The van der Waals surface area contributed by atoms with E-state index in [4.69, 9.17) is 9.47 Å². The van der Waals surface area contributed by atoms with E-state index >= 15 is 0 Å². The lowest BCUT2D eigenvalue weighted by molar-refractivity contribution is 0.0696. The van der Waals surface area contributed by atoms with Crippen molar-refractivity contribution in [3.05, 3.63) is 71.0 Å². The second-order valence-electron chi connectivity index (χ2n) is 16.6. The Labute approximate surface area is 356 Å². The summed E-state index contributed by atoms with van der Waals surface area (Å²) in [6.45, 7) is 8.46. The molecule has 0 radical (unpaired) electrons. The Hall–Kier alpha value is -5.18. The maximum atomic E-state index is 12.2. The van der Waals surface area contributed by atoms with Gasteiger partial charge in [-0.3, -0.25) is 10.2 Å². The van der Waals surface area contributed by atoms with E-state index in [0.29, 0.717) is 64.7 Å². The van der Waals surface area contributed by atoms with Gasteiger partial charge < -0.3 is 30.7 Å². The highest BCUT2D eigenvalue weighted by Crippen LogP contribution is 2.37. The molecule has 2 aliphatic heterocycles. The van der Waals surface area contributed by atoms with Gasteiger partial charge in [0.15, 0.2) is 11.6 Å². The smallest absolute Gasteiger partial charge is 0.407 e. The Balaban J connectivity index is 0.000000184. The first-order valence-corrected chi connectivity index (χ1v) is 23.9. The number of aromatic amines is 2. The Morgan fingerprint density at radius 1 is 0.623 bits per heavy atom. The first kappa shape index (κ1) is 43.9. The highest BCUT2D eigenvalue weighted by molar-refractivity contribution is 7.90. The van der Waals surface area contributed by atoms with Gasteiger partial charge in [-0.15, -0.1) is 0 Å². The fourth-order valence-corrected chi connectivity index (χ4v) is 10.8. The van der Waals surface area contributed by atoms with Crippen LogP contribution in [0.25, 0.3) is 0 Å². The first-order chi connectivity index (χ1) is 29.1. The molecule has 0 bridgehead atoms. The van der Waals surface area contributed by atoms with Gasteiger partial charge in [-0.2, -0.15) is 10.2 Å². The lowest BCUT2D eigenvalue weighted by Crippen LogP contribution is -2.34. The maximum absolute atomic E-state index is 12.2. The summed E-state index contributed by atoms with van der Waals surface area (Å²) in [5, 5.41) is 26.7. The Morgan fingerprint density at radius 2 is 1.07 bits per heavy atom. The number of anilines is 4. The van der Waals surface area contributed by atoms with Crippen LogP contribution in [0.4, 0.5) is 32.6 Å². The first-order valence-electron chi connectivity index (χ1n) is 20.9. The lowest BCUT2D eigenvalue weighted by Gasteiger charge is -2.27. The van der Waals surface area contributed by atoms with E-state index in [1.165, 1.54) is 0 Å². The molecular formula is C41H56N10O8S2. The van der Waals surface area contributed by atoms with E-state index in [9.17, 15) is 26.4 Å². The molecule has 2 aliphatic carbocycles. The second-order valence-corrected chi connectivity index (χ2v) is 20.1. The van der Waals surface area contributed by atoms with Gasteiger partial charge in [0.1, 0.15) is 12.2 Å². The average Bonchev–Trinajstić information content (AvgIpc) is 3.97. The fourth-order valence-electron chi connectivity index (χ4n) is 8.15. The van der Waals surface area contributed by atoms with Crippen LogP contribution in [-0.2, 0) is 42.4 Å². The standard InChI is InChI=1S/C21H29N5O4S.C20H27N5O4S/c1-13(2)23-21(27)30-17-7-4-14(5-8-17)18-12-20(26-25-18)24-16-6-3-15-9-10-22-31(28,29)19(15)11-16;1-12(2)22-20(26)29-16-6-4-14(9-16)17-11-19(25-24-17)23-15-5-3-13-7-8-21-30(27,28)18(13)10-15/h3,6,11-14,17,22H,4-5,7-10H2,1-2H3,(H,23,27)(H2,24,25,26);3,5,10-12,14,16,21H,4,6-9H2,1-2H3,(H,22,26)(H2,23,24,25)/t;14-,16+/m.0/s1. The summed E-state index contributed by atoms with van der Waals surface area (Å²) in [5.41, 5.74) is 4.99. The van der Waals surface area contributed by atoms with Crippen LogP contribution in [0.15, 0.2) is 58.3 Å². The molecule has 2 amide bonds. The number of sulfonamides is 2. The zero-order chi connectivity index (χ0) is 43.3. The predicted octanol–water partition coefficient (Wildman–Crippen LogP) is 5.91. The van der Waals surface area contributed by atoms with Gasteiger partial charge in [-0.05, 0) is 121 Å². The van der Waals surface area contributed by atoms with Crippen LogP contribution in [-0.4, -0.2) is 86.8 Å². The number of nitrogens with one attached hydrogen (secondary N) is 8. The molecule has 330 valence electrons. The molecule has 8 rings (SSSR count). The normalized spacial score (nSPS) is 22.5. The van der Waals surface area contributed by atoms with Gasteiger partial charge >= 0.3 is 12.2 Å². The number of aromatic nitrogens is 4. The van der Waals surface area contributed by atoms with Crippen LogP contribution < -0.4 is 30.7 Å². The summed E-state index contributed by atoms with van der Waals surface area (Å²) in [6, 6.07) is 14.7. The van der Waals surface area contributed by atoms with E-state index in [-0.39, 0.29) is 42.4 Å². The molecule has 4 aromatic rings. The van der Waals surface area contributed by atoms with Gasteiger partial charge in [0.25, 0.3) is 0 Å². The Bertz CT molecular complexity index is 2410. The van der Waals surface area contributed by atoms with Crippen molar-refractivity contribution in [1.82, 2.24) is 40.5 Å². The number of hydrogen-bond acceptors (Lipinski definition) is 12. The number of amides is 2. The van der Waals surface area contributed by atoms with Gasteiger partial charge in [-0.25, -0.2) is 35.9 Å². The topological polar surface area (TPSA) is 250 Å². The number of nitrogens with zero attached hydrogens (tertiary/aromatic N) is 2. The van der Waals surface area contributed by atoms with Crippen LogP contribution in [0.5, 0.6) is 0 Å². The largest absolute Gasteiger partial charge is 0.446 e. The molecule has 2 fully saturated rings. The van der Waals surface area contributed by atoms with Gasteiger partial charge in [-0.1, -0.05) is 12.1 Å². The van der Waals surface area contributed by atoms with Crippen molar-refractivity contribution in [3.8, 4) is 0 Å². The Morgan fingerprint density at radius 3 is 1.56 bits per heavy atom. The minimum absolute atomic E-state index is 0.0466. The highest BCUT2D eigenvalue weighted by Gasteiger charge is 2.31. The molecule has 4 heterocycles. The maximum Gasteiger partial charge on any atom is 0.407 e. The average molecular weight is 881 g/mol. The summed E-state index contributed by atoms with van der Waals surface area (Å²) in [6.07, 6.45) is 6.39. The molecule has 18 nitrogen and oxygen atoms in total. The quantitative estimate of drug-likeness (QED) is 0.0927. The van der Waals surface area contributed by atoms with Gasteiger partial charge in [0, 0.05) is 71.9 Å². The molecule has 2 saturated carbocycles. The van der Waals surface area contributed by atoms with E-state index in [1.54, 1.807) is 12.1 Å². The van der Waals surface area contributed by atoms with E-state index in [1.807, 2.05) is 64.1 Å². The second kappa shape index (κ2) is 18.8. The third kappa shape index (κ3) is 11.4. The van der Waals surface area contributed by atoms with Crippen molar-refractivity contribution in [2.75, 3.05) is 23.7 Å². The number of carbonyl (C=O) groups is 2. The summed E-state index contributed by atoms with van der Waals surface area (Å²) in [5.74, 6) is 1.82. The van der Waals surface area contributed by atoms with Crippen molar-refractivity contribution < 1.29 is 35.9 Å². The molecule has 8 N–H and O–H groups in total. The molecule has 2 aromatic heterocycles. The van der Waals surface area contributed by atoms with E-state index < -0.39 is 20.0 Å². The molecule has 2 aromatic carbocycles. The van der Waals surface area contributed by atoms with E-state index in [2.05, 4.69) is 51.1 Å². The number of benzene rings is 2. The molecule has 2 atom stereocenters. The number of alkyl carbamates (subject to hydrolysis) is 2. The van der Waals surface area contributed by atoms with Crippen molar-refractivity contribution in [2.45, 2.75) is 131 Å². The van der Waals surface area contributed by atoms with Crippen LogP contribution in [0.1, 0.15) is 107 Å². The minimum atomic E-state index is -3.45. The number of carbonyl (C=O) groups excluding carboxylic acids is 2. The summed E-state index contributed by atoms with van der Waals surface area (Å²) in [4.78, 5) is 24.2. The van der Waals surface area contributed by atoms with Crippen LogP contribution >= 0.6 is 0 Å².